The zero-order chi connectivity index (χ0) is 14.4. The molecule has 0 aliphatic heterocycles. The number of aromatic nitrogens is 1. The summed E-state index contributed by atoms with van der Waals surface area (Å²) in [7, 11) is 1.91. The first-order valence-electron chi connectivity index (χ1n) is 6.72. The van der Waals surface area contributed by atoms with Crippen LogP contribution in [0.2, 0.25) is 5.02 Å². The van der Waals surface area contributed by atoms with Gasteiger partial charge in [0.15, 0.2) is 0 Å². The maximum Gasteiger partial charge on any atom is 0.138 e. The first-order valence-corrected chi connectivity index (χ1v) is 7.97. The van der Waals surface area contributed by atoms with E-state index < -0.39 is 0 Å². The van der Waals surface area contributed by atoms with E-state index in [2.05, 4.69) is 17.2 Å². The van der Waals surface area contributed by atoms with Crippen LogP contribution in [-0.2, 0) is 19.6 Å². The van der Waals surface area contributed by atoms with E-state index in [1.54, 1.807) is 11.3 Å². The van der Waals surface area contributed by atoms with Crippen LogP contribution in [-0.4, -0.2) is 12.0 Å². The molecule has 0 spiro atoms. The minimum absolute atomic E-state index is 0.464. The number of thiazole rings is 1. The SMILES string of the molecule is CCCc1nc(COc2ccc(CNC)cc2Cl)cs1. The molecule has 0 radical (unpaired) electrons. The molecule has 0 amide bonds. The molecule has 1 heterocycles. The molecule has 1 aromatic carbocycles. The maximum absolute atomic E-state index is 6.22. The number of ether oxygens (including phenoxy) is 1. The molecule has 0 aliphatic carbocycles. The van der Waals surface area contributed by atoms with Gasteiger partial charge in [0.1, 0.15) is 12.4 Å². The Morgan fingerprint density at radius 3 is 2.95 bits per heavy atom. The summed E-state index contributed by atoms with van der Waals surface area (Å²) in [4.78, 5) is 4.53. The van der Waals surface area contributed by atoms with Crippen molar-refractivity contribution in [1.29, 1.82) is 0 Å². The number of nitrogens with one attached hydrogen (secondary N) is 1. The Morgan fingerprint density at radius 1 is 1.40 bits per heavy atom. The third-order valence-corrected chi connectivity index (χ3v) is 4.07. The van der Waals surface area contributed by atoms with Gasteiger partial charge >= 0.3 is 0 Å². The number of halogens is 1. The van der Waals surface area contributed by atoms with Gasteiger partial charge in [-0.3, -0.25) is 0 Å². The molecule has 0 fully saturated rings. The average molecular weight is 311 g/mol. The highest BCUT2D eigenvalue weighted by atomic mass is 35.5. The summed E-state index contributed by atoms with van der Waals surface area (Å²) < 4.78 is 5.74. The fourth-order valence-corrected chi connectivity index (χ4v) is 3.01. The van der Waals surface area contributed by atoms with Crippen LogP contribution in [0, 0.1) is 0 Å². The molecule has 2 aromatic rings. The number of aryl methyl sites for hydroxylation is 1. The van der Waals surface area contributed by atoms with Gasteiger partial charge in [0, 0.05) is 11.9 Å². The van der Waals surface area contributed by atoms with E-state index in [-0.39, 0.29) is 0 Å². The summed E-state index contributed by atoms with van der Waals surface area (Å²) in [5.74, 6) is 0.705. The maximum atomic E-state index is 6.22. The topological polar surface area (TPSA) is 34.1 Å². The first-order chi connectivity index (χ1) is 9.72. The molecule has 3 nitrogen and oxygen atoms in total. The summed E-state index contributed by atoms with van der Waals surface area (Å²) in [6, 6.07) is 5.85. The minimum atomic E-state index is 0.464. The van der Waals surface area contributed by atoms with E-state index in [9.17, 15) is 0 Å². The second kappa shape index (κ2) is 7.62. The summed E-state index contributed by atoms with van der Waals surface area (Å²) >= 11 is 7.91. The molecule has 0 atom stereocenters. The minimum Gasteiger partial charge on any atom is -0.486 e. The second-order valence-corrected chi connectivity index (χ2v) is 5.92. The van der Waals surface area contributed by atoms with Crippen molar-refractivity contribution in [2.24, 2.45) is 0 Å². The third-order valence-electron chi connectivity index (χ3n) is 2.82. The lowest BCUT2D eigenvalue weighted by Crippen LogP contribution is -2.05. The van der Waals surface area contributed by atoms with E-state index in [1.165, 1.54) is 5.01 Å². The van der Waals surface area contributed by atoms with Crippen molar-refractivity contribution in [1.82, 2.24) is 10.3 Å². The van der Waals surface area contributed by atoms with Crippen molar-refractivity contribution >= 4 is 22.9 Å². The van der Waals surface area contributed by atoms with E-state index in [1.807, 2.05) is 30.6 Å². The van der Waals surface area contributed by atoms with E-state index in [4.69, 9.17) is 16.3 Å². The predicted octanol–water partition coefficient (Wildman–Crippen LogP) is 4.05. The Kier molecular flexibility index (Phi) is 5.83. The summed E-state index contributed by atoms with van der Waals surface area (Å²) in [5.41, 5.74) is 2.11. The quantitative estimate of drug-likeness (QED) is 0.838. The Morgan fingerprint density at radius 2 is 2.25 bits per heavy atom. The van der Waals surface area contributed by atoms with Crippen molar-refractivity contribution in [2.45, 2.75) is 32.9 Å². The number of hydrogen-bond donors (Lipinski definition) is 1. The monoisotopic (exact) mass is 310 g/mol. The highest BCUT2D eigenvalue weighted by molar-refractivity contribution is 7.09. The van der Waals surface area contributed by atoms with E-state index in [0.29, 0.717) is 17.4 Å². The van der Waals surface area contributed by atoms with Crippen LogP contribution in [0.15, 0.2) is 23.6 Å². The molecular formula is C15H19ClN2OS. The Bertz CT molecular complexity index is 557. The standard InChI is InChI=1S/C15H19ClN2OS/c1-3-4-15-18-12(10-20-15)9-19-14-6-5-11(8-17-2)7-13(14)16/h5-7,10,17H,3-4,8-9H2,1-2H3. The Labute approximate surface area is 129 Å². The van der Waals surface area contributed by atoms with Gasteiger partial charge in [-0.15, -0.1) is 11.3 Å². The van der Waals surface area contributed by atoms with Crippen LogP contribution in [0.4, 0.5) is 0 Å². The molecule has 0 saturated heterocycles. The lowest BCUT2D eigenvalue weighted by Gasteiger charge is -2.08. The van der Waals surface area contributed by atoms with Gasteiger partial charge in [-0.2, -0.15) is 0 Å². The van der Waals surface area contributed by atoms with Gasteiger partial charge in [-0.1, -0.05) is 24.6 Å². The molecule has 20 heavy (non-hydrogen) atoms. The lowest BCUT2D eigenvalue weighted by atomic mass is 10.2. The molecule has 5 heteroatoms. The zero-order valence-electron chi connectivity index (χ0n) is 11.8. The summed E-state index contributed by atoms with van der Waals surface area (Å²) in [6.45, 7) is 3.42. The van der Waals surface area contributed by atoms with Gasteiger partial charge in [0.2, 0.25) is 0 Å². The molecule has 108 valence electrons. The Balaban J connectivity index is 1.95. The van der Waals surface area contributed by atoms with Crippen molar-refractivity contribution < 1.29 is 4.74 Å². The van der Waals surface area contributed by atoms with Crippen molar-refractivity contribution in [3.63, 3.8) is 0 Å². The van der Waals surface area contributed by atoms with Crippen LogP contribution in [0.25, 0.3) is 0 Å². The van der Waals surface area contributed by atoms with E-state index in [0.717, 1.165) is 30.6 Å². The average Bonchev–Trinajstić information content (AvgIpc) is 2.86. The number of rotatable bonds is 7. The Hall–Kier alpha value is -1.10. The molecule has 0 saturated carbocycles. The summed E-state index contributed by atoms with van der Waals surface area (Å²) in [6.07, 6.45) is 2.15. The number of benzene rings is 1. The highest BCUT2D eigenvalue weighted by Gasteiger charge is 2.06. The third kappa shape index (κ3) is 4.20. The highest BCUT2D eigenvalue weighted by Crippen LogP contribution is 2.26. The molecule has 0 bridgehead atoms. The van der Waals surface area contributed by atoms with Gasteiger partial charge in [0.05, 0.1) is 15.7 Å². The van der Waals surface area contributed by atoms with Crippen LogP contribution >= 0.6 is 22.9 Å². The van der Waals surface area contributed by atoms with Crippen molar-refractivity contribution in [2.75, 3.05) is 7.05 Å². The van der Waals surface area contributed by atoms with Crippen LogP contribution in [0.5, 0.6) is 5.75 Å². The van der Waals surface area contributed by atoms with Crippen LogP contribution in [0.3, 0.4) is 0 Å². The smallest absolute Gasteiger partial charge is 0.138 e. The fraction of sp³-hybridized carbons (Fsp3) is 0.400. The molecule has 1 aromatic heterocycles. The normalized spacial score (nSPS) is 10.8. The van der Waals surface area contributed by atoms with Crippen LogP contribution < -0.4 is 10.1 Å². The van der Waals surface area contributed by atoms with Gasteiger partial charge in [0.25, 0.3) is 0 Å². The fourth-order valence-electron chi connectivity index (χ4n) is 1.87. The molecule has 0 unspecified atom stereocenters. The number of nitrogens with zero attached hydrogens (tertiary/aromatic N) is 1. The lowest BCUT2D eigenvalue weighted by molar-refractivity contribution is 0.302. The van der Waals surface area contributed by atoms with Crippen LogP contribution in [0.1, 0.15) is 29.6 Å². The van der Waals surface area contributed by atoms with Gasteiger partial charge in [-0.25, -0.2) is 4.98 Å². The molecule has 1 N–H and O–H groups in total. The molecular weight excluding hydrogens is 292 g/mol. The zero-order valence-corrected chi connectivity index (χ0v) is 13.4. The van der Waals surface area contributed by atoms with E-state index >= 15 is 0 Å². The van der Waals surface area contributed by atoms with Crippen molar-refractivity contribution in [3.8, 4) is 5.75 Å². The molecule has 0 aliphatic rings. The predicted molar refractivity (Wildman–Crippen MR) is 84.7 cm³/mol. The second-order valence-electron chi connectivity index (χ2n) is 4.57. The largest absolute Gasteiger partial charge is 0.486 e. The number of hydrogen-bond acceptors (Lipinski definition) is 4. The first kappa shape index (κ1) is 15.3. The summed E-state index contributed by atoms with van der Waals surface area (Å²) in [5, 5.41) is 6.95. The van der Waals surface area contributed by atoms with Gasteiger partial charge < -0.3 is 10.1 Å². The van der Waals surface area contributed by atoms with Gasteiger partial charge in [-0.05, 0) is 37.6 Å². The van der Waals surface area contributed by atoms with Crippen molar-refractivity contribution in [3.05, 3.63) is 44.9 Å². The molecule has 2 rings (SSSR count).